The summed E-state index contributed by atoms with van der Waals surface area (Å²) in [5.74, 6) is -0.744. The van der Waals surface area contributed by atoms with E-state index in [1.54, 1.807) is 19.2 Å². The van der Waals surface area contributed by atoms with Crippen molar-refractivity contribution in [1.82, 2.24) is 10.6 Å². The number of hydrogen-bond acceptors (Lipinski definition) is 3. The Labute approximate surface area is 141 Å². The molecule has 0 amide bonds. The van der Waals surface area contributed by atoms with Gasteiger partial charge in [-0.15, -0.1) is 0 Å². The molecule has 1 heterocycles. The monoisotopic (exact) mass is 332 g/mol. The van der Waals surface area contributed by atoms with Crippen molar-refractivity contribution < 1.29 is 13.5 Å². The van der Waals surface area contributed by atoms with Crippen molar-refractivity contribution in [2.45, 2.75) is 31.5 Å². The molecular formula is C19H22F2N2O. The minimum Gasteiger partial charge on any atom is -0.496 e. The molecule has 128 valence electrons. The van der Waals surface area contributed by atoms with Crippen LogP contribution >= 0.6 is 0 Å². The van der Waals surface area contributed by atoms with Crippen LogP contribution in [0.1, 0.15) is 30.0 Å². The van der Waals surface area contributed by atoms with Crippen LogP contribution < -0.4 is 15.4 Å². The first-order valence-corrected chi connectivity index (χ1v) is 8.23. The lowest BCUT2D eigenvalue weighted by atomic mass is 9.91. The first-order chi connectivity index (χ1) is 11.7. The van der Waals surface area contributed by atoms with Gasteiger partial charge in [-0.25, -0.2) is 8.78 Å². The van der Waals surface area contributed by atoms with Crippen molar-refractivity contribution in [3.05, 3.63) is 65.2 Å². The van der Waals surface area contributed by atoms with E-state index in [9.17, 15) is 8.78 Å². The number of halogens is 2. The predicted molar refractivity (Wildman–Crippen MR) is 90.0 cm³/mol. The molecule has 2 aromatic carbocycles. The SMILES string of the molecule is COc1ccccc1CN[C@@H]1CCCN[C@@H]1c1cccc(F)c1F. The summed E-state index contributed by atoms with van der Waals surface area (Å²) in [7, 11) is 1.64. The highest BCUT2D eigenvalue weighted by molar-refractivity contribution is 5.33. The Bertz CT molecular complexity index is 693. The maximum absolute atomic E-state index is 14.2. The summed E-state index contributed by atoms with van der Waals surface area (Å²) in [4.78, 5) is 0. The Hall–Kier alpha value is -1.98. The first kappa shape index (κ1) is 16.9. The molecule has 1 aliphatic rings. The van der Waals surface area contributed by atoms with Crippen LogP contribution in [0.3, 0.4) is 0 Å². The molecule has 3 rings (SSSR count). The van der Waals surface area contributed by atoms with Gasteiger partial charge in [0.1, 0.15) is 5.75 Å². The number of para-hydroxylation sites is 1. The Kier molecular flexibility index (Phi) is 5.43. The van der Waals surface area contributed by atoms with Crippen LogP contribution in [-0.4, -0.2) is 19.7 Å². The molecule has 2 atom stereocenters. The van der Waals surface area contributed by atoms with Gasteiger partial charge in [0.25, 0.3) is 0 Å². The minimum absolute atomic E-state index is 0.0277. The zero-order chi connectivity index (χ0) is 16.9. The number of ether oxygens (including phenoxy) is 1. The second-order valence-corrected chi connectivity index (χ2v) is 6.02. The lowest BCUT2D eigenvalue weighted by Crippen LogP contribution is -2.46. The lowest BCUT2D eigenvalue weighted by Gasteiger charge is -2.34. The molecule has 1 saturated heterocycles. The molecule has 2 aromatic rings. The van der Waals surface area contributed by atoms with Crippen LogP contribution in [0.5, 0.6) is 5.75 Å². The fraction of sp³-hybridized carbons (Fsp3) is 0.368. The van der Waals surface area contributed by atoms with E-state index in [4.69, 9.17) is 4.74 Å². The minimum atomic E-state index is -0.802. The zero-order valence-electron chi connectivity index (χ0n) is 13.7. The lowest BCUT2D eigenvalue weighted by molar-refractivity contribution is 0.294. The number of methoxy groups -OCH3 is 1. The van der Waals surface area contributed by atoms with Gasteiger partial charge in [-0.2, -0.15) is 0 Å². The summed E-state index contributed by atoms with van der Waals surface area (Å²) in [5, 5.41) is 6.79. The predicted octanol–water partition coefficient (Wildman–Crippen LogP) is 3.56. The summed E-state index contributed by atoms with van der Waals surface area (Å²) >= 11 is 0. The van der Waals surface area contributed by atoms with E-state index >= 15 is 0 Å². The van der Waals surface area contributed by atoms with Crippen LogP contribution in [0, 0.1) is 11.6 Å². The van der Waals surface area contributed by atoms with Gasteiger partial charge in [-0.3, -0.25) is 0 Å². The second-order valence-electron chi connectivity index (χ2n) is 6.02. The van der Waals surface area contributed by atoms with E-state index in [1.807, 2.05) is 24.3 Å². The van der Waals surface area contributed by atoms with Gasteiger partial charge in [0, 0.05) is 23.7 Å². The molecule has 1 fully saturated rings. The van der Waals surface area contributed by atoms with Crippen LogP contribution in [0.2, 0.25) is 0 Å². The van der Waals surface area contributed by atoms with Crippen LogP contribution in [0.25, 0.3) is 0 Å². The normalized spacial score (nSPS) is 20.8. The first-order valence-electron chi connectivity index (χ1n) is 8.23. The number of piperidine rings is 1. The highest BCUT2D eigenvalue weighted by atomic mass is 19.2. The Morgan fingerprint density at radius 1 is 1.17 bits per heavy atom. The van der Waals surface area contributed by atoms with Gasteiger partial charge < -0.3 is 15.4 Å². The van der Waals surface area contributed by atoms with Crippen molar-refractivity contribution >= 4 is 0 Å². The fourth-order valence-electron chi connectivity index (χ4n) is 3.29. The van der Waals surface area contributed by atoms with Gasteiger partial charge in [0.15, 0.2) is 11.6 Å². The summed E-state index contributed by atoms with van der Waals surface area (Å²) < 4.78 is 33.1. The summed E-state index contributed by atoms with van der Waals surface area (Å²) in [6, 6.07) is 11.9. The maximum atomic E-state index is 14.2. The second kappa shape index (κ2) is 7.73. The summed E-state index contributed by atoms with van der Waals surface area (Å²) in [6.45, 7) is 1.41. The van der Waals surface area contributed by atoms with Crippen molar-refractivity contribution in [3.63, 3.8) is 0 Å². The van der Waals surface area contributed by atoms with Gasteiger partial charge in [-0.1, -0.05) is 30.3 Å². The highest BCUT2D eigenvalue weighted by Crippen LogP contribution is 2.27. The average molecular weight is 332 g/mol. The Balaban J connectivity index is 1.76. The Morgan fingerprint density at radius 2 is 2.00 bits per heavy atom. The molecule has 1 aliphatic heterocycles. The number of benzene rings is 2. The van der Waals surface area contributed by atoms with Gasteiger partial charge in [0.2, 0.25) is 0 Å². The van der Waals surface area contributed by atoms with Crippen molar-refractivity contribution in [2.75, 3.05) is 13.7 Å². The zero-order valence-corrected chi connectivity index (χ0v) is 13.7. The third-order valence-corrected chi connectivity index (χ3v) is 4.52. The molecule has 0 spiro atoms. The number of hydrogen-bond donors (Lipinski definition) is 2. The van der Waals surface area contributed by atoms with Gasteiger partial charge in [0.05, 0.1) is 13.2 Å². The molecule has 3 nitrogen and oxygen atoms in total. The molecule has 24 heavy (non-hydrogen) atoms. The molecule has 0 saturated carbocycles. The average Bonchev–Trinajstić information content (AvgIpc) is 2.63. The maximum Gasteiger partial charge on any atom is 0.163 e. The standard InChI is InChI=1S/C19H22F2N2O/c1-24-17-10-3-2-6-13(17)12-23-16-9-5-11-22-19(16)14-7-4-8-15(20)18(14)21/h2-4,6-8,10,16,19,22-23H,5,9,11-12H2,1H3/t16-,19-/m1/s1. The van der Waals surface area contributed by atoms with E-state index < -0.39 is 11.6 Å². The molecule has 0 aliphatic carbocycles. The molecule has 5 heteroatoms. The van der Waals surface area contributed by atoms with Crippen molar-refractivity contribution in [1.29, 1.82) is 0 Å². The van der Waals surface area contributed by atoms with E-state index in [0.717, 1.165) is 36.8 Å². The third-order valence-electron chi connectivity index (χ3n) is 4.52. The largest absolute Gasteiger partial charge is 0.496 e. The van der Waals surface area contributed by atoms with Crippen LogP contribution in [0.4, 0.5) is 8.78 Å². The van der Waals surface area contributed by atoms with Crippen molar-refractivity contribution in [3.8, 4) is 5.75 Å². The van der Waals surface area contributed by atoms with Crippen molar-refractivity contribution in [2.24, 2.45) is 0 Å². The smallest absolute Gasteiger partial charge is 0.163 e. The van der Waals surface area contributed by atoms with E-state index in [0.29, 0.717) is 12.1 Å². The number of rotatable bonds is 5. The summed E-state index contributed by atoms with van der Waals surface area (Å²) in [5.41, 5.74) is 1.43. The van der Waals surface area contributed by atoms with E-state index in [-0.39, 0.29) is 12.1 Å². The molecular weight excluding hydrogens is 310 g/mol. The molecule has 0 bridgehead atoms. The van der Waals surface area contributed by atoms with E-state index in [2.05, 4.69) is 10.6 Å². The molecule has 0 unspecified atom stereocenters. The summed E-state index contributed by atoms with van der Waals surface area (Å²) in [6.07, 6.45) is 1.90. The quantitative estimate of drug-likeness (QED) is 0.878. The Morgan fingerprint density at radius 3 is 2.83 bits per heavy atom. The third kappa shape index (κ3) is 3.57. The molecule has 0 aromatic heterocycles. The van der Waals surface area contributed by atoms with Crippen LogP contribution in [-0.2, 0) is 6.54 Å². The van der Waals surface area contributed by atoms with E-state index in [1.165, 1.54) is 0 Å². The number of nitrogens with one attached hydrogen (secondary N) is 2. The topological polar surface area (TPSA) is 33.3 Å². The molecule has 2 N–H and O–H groups in total. The van der Waals surface area contributed by atoms with Crippen LogP contribution in [0.15, 0.2) is 42.5 Å². The highest BCUT2D eigenvalue weighted by Gasteiger charge is 2.28. The van der Waals surface area contributed by atoms with Gasteiger partial charge in [-0.05, 0) is 31.5 Å². The molecule has 0 radical (unpaired) electrons. The van der Waals surface area contributed by atoms with Gasteiger partial charge >= 0.3 is 0 Å². The fourth-order valence-corrected chi connectivity index (χ4v) is 3.29.